The van der Waals surface area contributed by atoms with Gasteiger partial charge in [0.1, 0.15) is 5.82 Å². The highest BCUT2D eigenvalue weighted by molar-refractivity contribution is 9.10. The molecule has 0 atom stereocenters. The largest absolute Gasteiger partial charge is 0.444 e. The summed E-state index contributed by atoms with van der Waals surface area (Å²) >= 11 is 3.11. The van der Waals surface area contributed by atoms with Gasteiger partial charge in [0.25, 0.3) is 5.91 Å². The lowest BCUT2D eigenvalue weighted by molar-refractivity contribution is -0.120. The van der Waals surface area contributed by atoms with Gasteiger partial charge in [-0.1, -0.05) is 6.07 Å². The van der Waals surface area contributed by atoms with Crippen LogP contribution in [0, 0.1) is 0 Å². The lowest BCUT2D eigenvalue weighted by Gasteiger charge is -2.16. The molecule has 0 aliphatic heterocycles. The second-order valence-corrected chi connectivity index (χ2v) is 5.73. The number of anilines is 1. The summed E-state index contributed by atoms with van der Waals surface area (Å²) in [7, 11) is 3.77. The van der Waals surface area contributed by atoms with Crippen LogP contribution in [0.15, 0.2) is 39.5 Å². The maximum atomic E-state index is 11.8. The summed E-state index contributed by atoms with van der Waals surface area (Å²) in [6.45, 7) is 0.205. The third kappa shape index (κ3) is 4.82. The number of carbonyl (C=O) groups is 2. The van der Waals surface area contributed by atoms with E-state index in [9.17, 15) is 9.59 Å². The number of nitrogens with one attached hydrogen (secondary N) is 2. The molecule has 2 amide bonds. The van der Waals surface area contributed by atoms with Gasteiger partial charge in [-0.15, -0.1) is 0 Å². The monoisotopic (exact) mass is 380 g/mol. The Bertz CT molecular complexity index is 700. The van der Waals surface area contributed by atoms with Gasteiger partial charge in [0.15, 0.2) is 10.4 Å². The van der Waals surface area contributed by atoms with Crippen LogP contribution in [0.3, 0.4) is 0 Å². The van der Waals surface area contributed by atoms with Crippen LogP contribution in [0.25, 0.3) is 0 Å². The highest BCUT2D eigenvalue weighted by Crippen LogP contribution is 2.14. The third-order valence-electron chi connectivity index (χ3n) is 2.97. The lowest BCUT2D eigenvalue weighted by Crippen LogP contribution is -2.36. The summed E-state index contributed by atoms with van der Waals surface area (Å²) in [6, 6.07) is 6.84. The van der Waals surface area contributed by atoms with E-state index in [1.807, 2.05) is 31.1 Å². The number of rotatable bonds is 6. The highest BCUT2D eigenvalue weighted by atomic mass is 79.9. The molecule has 0 unspecified atom stereocenters. The van der Waals surface area contributed by atoms with Gasteiger partial charge in [-0.25, -0.2) is 4.98 Å². The summed E-state index contributed by atoms with van der Waals surface area (Å²) in [5.74, 6) is 0.197. The minimum absolute atomic E-state index is 0.130. The Kier molecular flexibility index (Phi) is 5.75. The van der Waals surface area contributed by atoms with E-state index in [1.165, 1.54) is 6.07 Å². The molecule has 2 N–H and O–H groups in total. The van der Waals surface area contributed by atoms with Crippen molar-refractivity contribution in [3.8, 4) is 0 Å². The van der Waals surface area contributed by atoms with Crippen molar-refractivity contribution in [3.05, 3.63) is 46.5 Å². The predicted molar refractivity (Wildman–Crippen MR) is 89.2 cm³/mol. The molecule has 0 fully saturated rings. The summed E-state index contributed by atoms with van der Waals surface area (Å²) < 4.78 is 5.57. The minimum Gasteiger partial charge on any atom is -0.444 e. The number of carbonyl (C=O) groups excluding carboxylic acids is 2. The van der Waals surface area contributed by atoms with Crippen molar-refractivity contribution in [3.63, 3.8) is 0 Å². The summed E-state index contributed by atoms with van der Waals surface area (Å²) in [5.41, 5.74) is 0.896. The van der Waals surface area contributed by atoms with E-state index < -0.39 is 5.91 Å². The first kappa shape index (κ1) is 17.0. The van der Waals surface area contributed by atoms with Gasteiger partial charge in [-0.05, 0) is 34.1 Å². The van der Waals surface area contributed by atoms with Crippen LogP contribution < -0.4 is 15.5 Å². The number of halogens is 1. The van der Waals surface area contributed by atoms with Crippen LogP contribution in [-0.4, -0.2) is 37.4 Å². The van der Waals surface area contributed by atoms with E-state index in [0.29, 0.717) is 11.2 Å². The molecule has 122 valence electrons. The number of pyridine rings is 1. The maximum absolute atomic E-state index is 11.8. The van der Waals surface area contributed by atoms with Gasteiger partial charge in [0.2, 0.25) is 5.91 Å². The second kappa shape index (κ2) is 7.77. The summed E-state index contributed by atoms with van der Waals surface area (Å²) in [6.07, 6.45) is 1.70. The SMILES string of the molecule is CN(C)c1ncccc1CNC(=O)CNC(=O)c1ccc(Br)o1. The van der Waals surface area contributed by atoms with E-state index >= 15 is 0 Å². The van der Waals surface area contributed by atoms with Crippen LogP contribution in [0.2, 0.25) is 0 Å². The molecule has 0 spiro atoms. The first-order chi connectivity index (χ1) is 11.0. The Hall–Kier alpha value is -2.35. The molecule has 8 heteroatoms. The number of hydrogen-bond donors (Lipinski definition) is 2. The number of amides is 2. The van der Waals surface area contributed by atoms with Crippen molar-refractivity contribution in [2.45, 2.75) is 6.54 Å². The fourth-order valence-electron chi connectivity index (χ4n) is 1.91. The predicted octanol–water partition coefficient (Wildman–Crippen LogP) is 1.55. The van der Waals surface area contributed by atoms with E-state index in [1.54, 1.807) is 12.3 Å². The van der Waals surface area contributed by atoms with Gasteiger partial charge in [-0.3, -0.25) is 9.59 Å². The van der Waals surface area contributed by atoms with Gasteiger partial charge < -0.3 is 20.0 Å². The molecule has 23 heavy (non-hydrogen) atoms. The molecule has 2 rings (SSSR count). The standard InChI is InChI=1S/C15H17BrN4O3/c1-20(2)14-10(4-3-7-17-14)8-18-13(21)9-19-15(22)11-5-6-12(16)23-11/h3-7H,8-9H2,1-2H3,(H,18,21)(H,19,22). The Labute approximate surface area is 142 Å². The number of nitrogens with zero attached hydrogens (tertiary/aromatic N) is 2. The third-order valence-corrected chi connectivity index (χ3v) is 3.40. The van der Waals surface area contributed by atoms with Crippen molar-refractivity contribution < 1.29 is 14.0 Å². The molecule has 2 aromatic rings. The Morgan fingerprint density at radius 2 is 2.04 bits per heavy atom. The van der Waals surface area contributed by atoms with Crippen molar-refractivity contribution in [2.24, 2.45) is 0 Å². The molecule has 0 aliphatic carbocycles. The molecule has 0 aromatic carbocycles. The fraction of sp³-hybridized carbons (Fsp3) is 0.267. The maximum Gasteiger partial charge on any atom is 0.287 e. The Morgan fingerprint density at radius 3 is 2.70 bits per heavy atom. The number of furan rings is 1. The van der Waals surface area contributed by atoms with Gasteiger partial charge >= 0.3 is 0 Å². The highest BCUT2D eigenvalue weighted by Gasteiger charge is 2.12. The molecular weight excluding hydrogens is 364 g/mol. The van der Waals surface area contributed by atoms with Gasteiger partial charge in [0.05, 0.1) is 6.54 Å². The van der Waals surface area contributed by atoms with E-state index in [0.717, 1.165) is 11.4 Å². The molecule has 0 saturated carbocycles. The average molecular weight is 381 g/mol. The quantitative estimate of drug-likeness (QED) is 0.793. The Balaban J connectivity index is 1.83. The summed E-state index contributed by atoms with van der Waals surface area (Å²) in [5, 5.41) is 5.24. The number of hydrogen-bond acceptors (Lipinski definition) is 5. The fourth-order valence-corrected chi connectivity index (χ4v) is 2.22. The Morgan fingerprint density at radius 1 is 1.26 bits per heavy atom. The molecule has 0 bridgehead atoms. The van der Waals surface area contributed by atoms with Crippen LogP contribution in [-0.2, 0) is 11.3 Å². The van der Waals surface area contributed by atoms with Crippen molar-refractivity contribution >= 4 is 33.6 Å². The summed E-state index contributed by atoms with van der Waals surface area (Å²) in [4.78, 5) is 29.7. The van der Waals surface area contributed by atoms with Crippen molar-refractivity contribution in [1.82, 2.24) is 15.6 Å². The van der Waals surface area contributed by atoms with E-state index in [2.05, 4.69) is 31.5 Å². The zero-order chi connectivity index (χ0) is 16.8. The lowest BCUT2D eigenvalue weighted by atomic mass is 10.2. The zero-order valence-corrected chi connectivity index (χ0v) is 14.4. The van der Waals surface area contributed by atoms with E-state index in [4.69, 9.17) is 4.42 Å². The van der Waals surface area contributed by atoms with Crippen LogP contribution >= 0.6 is 15.9 Å². The minimum atomic E-state index is -0.443. The molecule has 2 aromatic heterocycles. The van der Waals surface area contributed by atoms with Crippen LogP contribution in [0.1, 0.15) is 16.1 Å². The van der Waals surface area contributed by atoms with Crippen LogP contribution in [0.5, 0.6) is 0 Å². The molecule has 0 saturated heterocycles. The first-order valence-electron chi connectivity index (χ1n) is 6.89. The molecule has 7 nitrogen and oxygen atoms in total. The van der Waals surface area contributed by atoms with Crippen LogP contribution in [0.4, 0.5) is 5.82 Å². The first-order valence-corrected chi connectivity index (χ1v) is 7.68. The van der Waals surface area contributed by atoms with Crippen molar-refractivity contribution in [1.29, 1.82) is 0 Å². The number of aromatic nitrogens is 1. The molecule has 0 aliphatic rings. The smallest absolute Gasteiger partial charge is 0.287 e. The topological polar surface area (TPSA) is 87.5 Å². The van der Waals surface area contributed by atoms with Gasteiger partial charge in [-0.2, -0.15) is 0 Å². The zero-order valence-electron chi connectivity index (χ0n) is 12.8. The second-order valence-electron chi connectivity index (χ2n) is 4.94. The van der Waals surface area contributed by atoms with E-state index in [-0.39, 0.29) is 18.2 Å². The van der Waals surface area contributed by atoms with Gasteiger partial charge in [0, 0.05) is 32.4 Å². The van der Waals surface area contributed by atoms with Crippen molar-refractivity contribution in [2.75, 3.05) is 25.5 Å². The molecule has 0 radical (unpaired) electrons. The normalized spacial score (nSPS) is 10.2. The molecule has 2 heterocycles. The average Bonchev–Trinajstić information content (AvgIpc) is 2.97. The molecular formula is C15H17BrN4O3.